The molecule has 40 heavy (non-hydrogen) atoms. The highest BCUT2D eigenvalue weighted by Gasteiger charge is 2.34. The van der Waals surface area contributed by atoms with Crippen molar-refractivity contribution in [1.29, 1.82) is 0 Å². The summed E-state index contributed by atoms with van der Waals surface area (Å²) in [5, 5.41) is 5.72. The lowest BCUT2D eigenvalue weighted by Crippen LogP contribution is -2.32. The van der Waals surface area contributed by atoms with Crippen LogP contribution in [0.25, 0.3) is 27.8 Å². The molecule has 0 spiro atoms. The zero-order valence-corrected chi connectivity index (χ0v) is 21.9. The van der Waals surface area contributed by atoms with Crippen LogP contribution in [-0.2, 0) is 32.0 Å². The first-order chi connectivity index (χ1) is 19.2. The van der Waals surface area contributed by atoms with Crippen molar-refractivity contribution in [2.45, 2.75) is 45.8 Å². The summed E-state index contributed by atoms with van der Waals surface area (Å²) in [5.74, 6) is -1.57. The van der Waals surface area contributed by atoms with Gasteiger partial charge in [0, 0.05) is 48.4 Å². The quantitative estimate of drug-likeness (QED) is 0.232. The number of aryl methyl sites for hydroxylation is 2. The molecule has 0 saturated carbocycles. The molecule has 206 valence electrons. The third-order valence-corrected chi connectivity index (χ3v) is 7.59. The number of fused-ring (bicyclic) bond motifs is 2. The Labute approximate surface area is 227 Å². The minimum absolute atomic E-state index is 0.147. The standard InChI is InChI=1S/C30H26F5N5/c1-3-17-6-5-7-18(4-2)27(17)40-28(21-8-9-23(31)26-20(21)10-12-36-26)22-16-39(13-11-25(22)38-40)29-24(32)14-19(15-37-29)30(33,34)35/h5-10,12,14-15,36H,3-4,11,13,16H2,1-2H3. The summed E-state index contributed by atoms with van der Waals surface area (Å²) in [6.07, 6.45) is -0.386. The van der Waals surface area contributed by atoms with E-state index in [-0.39, 0.29) is 18.2 Å². The van der Waals surface area contributed by atoms with E-state index < -0.39 is 17.6 Å². The zero-order chi connectivity index (χ0) is 28.2. The number of rotatable bonds is 5. The summed E-state index contributed by atoms with van der Waals surface area (Å²) in [7, 11) is 0. The number of hydrogen-bond acceptors (Lipinski definition) is 3. The average Bonchev–Trinajstić information content (AvgIpc) is 3.58. The SMILES string of the molecule is CCc1cccc(CC)c1-n1nc2c(c1-c1ccc(F)c3[nH]ccc13)CN(c1ncc(C(F)(F)F)cc1F)CC2. The van der Waals surface area contributed by atoms with Gasteiger partial charge in [0.1, 0.15) is 5.82 Å². The summed E-state index contributed by atoms with van der Waals surface area (Å²) in [6, 6.07) is 11.6. The Morgan fingerprint density at radius 3 is 2.40 bits per heavy atom. The fourth-order valence-electron chi connectivity index (χ4n) is 5.63. The maximum absolute atomic E-state index is 15.0. The van der Waals surface area contributed by atoms with E-state index >= 15 is 0 Å². The van der Waals surface area contributed by atoms with Crippen molar-refractivity contribution >= 4 is 16.7 Å². The van der Waals surface area contributed by atoms with Gasteiger partial charge in [0.25, 0.3) is 0 Å². The second-order valence-corrected chi connectivity index (χ2v) is 9.88. The first-order valence-corrected chi connectivity index (χ1v) is 13.2. The van der Waals surface area contributed by atoms with E-state index in [1.807, 2.05) is 16.8 Å². The fraction of sp³-hybridized carbons (Fsp3) is 0.267. The monoisotopic (exact) mass is 551 g/mol. The topological polar surface area (TPSA) is 49.7 Å². The van der Waals surface area contributed by atoms with Crippen LogP contribution >= 0.6 is 0 Å². The highest BCUT2D eigenvalue weighted by atomic mass is 19.4. The van der Waals surface area contributed by atoms with Gasteiger partial charge < -0.3 is 9.88 Å². The lowest BCUT2D eigenvalue weighted by atomic mass is 9.97. The van der Waals surface area contributed by atoms with Crippen molar-refractivity contribution in [2.24, 2.45) is 0 Å². The smallest absolute Gasteiger partial charge is 0.359 e. The molecule has 0 bridgehead atoms. The van der Waals surface area contributed by atoms with Gasteiger partial charge >= 0.3 is 6.18 Å². The number of halogens is 5. The Hall–Kier alpha value is -4.21. The molecule has 0 unspecified atom stereocenters. The largest absolute Gasteiger partial charge is 0.417 e. The lowest BCUT2D eigenvalue weighted by Gasteiger charge is -2.28. The normalized spacial score (nSPS) is 13.7. The van der Waals surface area contributed by atoms with Crippen LogP contribution < -0.4 is 4.90 Å². The number of aromatic amines is 1. The molecule has 1 N–H and O–H groups in total. The maximum Gasteiger partial charge on any atom is 0.417 e. The van der Waals surface area contributed by atoms with Crippen LogP contribution in [0, 0.1) is 11.6 Å². The molecule has 0 aliphatic carbocycles. The van der Waals surface area contributed by atoms with E-state index in [1.54, 1.807) is 17.2 Å². The van der Waals surface area contributed by atoms with E-state index in [0.717, 1.165) is 52.2 Å². The number of alkyl halides is 3. The first-order valence-electron chi connectivity index (χ1n) is 13.2. The molecule has 0 radical (unpaired) electrons. The van der Waals surface area contributed by atoms with Crippen molar-refractivity contribution in [3.63, 3.8) is 0 Å². The van der Waals surface area contributed by atoms with Gasteiger partial charge in [-0.2, -0.15) is 18.3 Å². The Kier molecular flexibility index (Phi) is 6.35. The van der Waals surface area contributed by atoms with E-state index in [2.05, 4.69) is 35.9 Å². The Morgan fingerprint density at radius 2 is 1.73 bits per heavy atom. The number of anilines is 1. The molecule has 4 heterocycles. The van der Waals surface area contributed by atoms with Crippen molar-refractivity contribution in [1.82, 2.24) is 19.7 Å². The summed E-state index contributed by atoms with van der Waals surface area (Å²) in [4.78, 5) is 8.47. The Morgan fingerprint density at radius 1 is 0.975 bits per heavy atom. The van der Waals surface area contributed by atoms with Gasteiger partial charge in [-0.05, 0) is 48.2 Å². The van der Waals surface area contributed by atoms with E-state index in [9.17, 15) is 22.0 Å². The first kappa shape index (κ1) is 26.0. The van der Waals surface area contributed by atoms with Gasteiger partial charge in [-0.25, -0.2) is 18.4 Å². The summed E-state index contributed by atoms with van der Waals surface area (Å²) in [6.45, 7) is 4.66. The summed E-state index contributed by atoms with van der Waals surface area (Å²) < 4.78 is 71.0. The van der Waals surface area contributed by atoms with E-state index in [0.29, 0.717) is 36.1 Å². The molecule has 6 rings (SSSR count). The number of para-hydroxylation sites is 1. The molecule has 0 atom stereocenters. The Balaban J connectivity index is 1.56. The van der Waals surface area contributed by atoms with Crippen molar-refractivity contribution in [3.05, 3.63) is 94.4 Å². The molecule has 1 aliphatic heterocycles. The molecule has 5 nitrogen and oxygen atoms in total. The molecule has 0 saturated heterocycles. The van der Waals surface area contributed by atoms with Gasteiger partial charge in [-0.1, -0.05) is 32.0 Å². The molecular formula is C30H26F5N5. The number of nitrogens with one attached hydrogen (secondary N) is 1. The minimum atomic E-state index is -4.69. The van der Waals surface area contributed by atoms with Gasteiger partial charge in [-0.15, -0.1) is 0 Å². The summed E-state index contributed by atoms with van der Waals surface area (Å²) in [5.41, 5.74) is 5.48. The predicted molar refractivity (Wildman–Crippen MR) is 144 cm³/mol. The van der Waals surface area contributed by atoms with Crippen LogP contribution in [0.5, 0.6) is 0 Å². The van der Waals surface area contributed by atoms with Crippen molar-refractivity contribution < 1.29 is 22.0 Å². The van der Waals surface area contributed by atoms with Crippen LogP contribution in [-0.4, -0.2) is 26.3 Å². The third kappa shape index (κ3) is 4.22. The molecular weight excluding hydrogens is 525 g/mol. The molecule has 2 aromatic carbocycles. The predicted octanol–water partition coefficient (Wildman–Crippen LogP) is 7.40. The molecule has 1 aliphatic rings. The number of nitrogens with zero attached hydrogens (tertiary/aromatic N) is 4. The van der Waals surface area contributed by atoms with Crippen LogP contribution in [0.4, 0.5) is 27.8 Å². The van der Waals surface area contributed by atoms with Crippen LogP contribution in [0.3, 0.4) is 0 Å². The Bertz CT molecular complexity index is 1710. The van der Waals surface area contributed by atoms with Crippen molar-refractivity contribution in [2.75, 3.05) is 11.4 Å². The van der Waals surface area contributed by atoms with Crippen LogP contribution in [0.2, 0.25) is 0 Å². The van der Waals surface area contributed by atoms with Gasteiger partial charge in [0.2, 0.25) is 0 Å². The number of benzene rings is 2. The molecule has 0 amide bonds. The molecule has 10 heteroatoms. The van der Waals surface area contributed by atoms with Crippen LogP contribution in [0.1, 0.15) is 41.8 Å². The lowest BCUT2D eigenvalue weighted by molar-refractivity contribution is -0.138. The highest BCUT2D eigenvalue weighted by molar-refractivity contribution is 5.96. The summed E-state index contributed by atoms with van der Waals surface area (Å²) >= 11 is 0. The van der Waals surface area contributed by atoms with Crippen LogP contribution in [0.15, 0.2) is 54.9 Å². The number of hydrogen-bond donors (Lipinski definition) is 1. The van der Waals surface area contributed by atoms with Gasteiger partial charge in [0.15, 0.2) is 11.6 Å². The van der Waals surface area contributed by atoms with E-state index in [1.165, 1.54) is 6.07 Å². The fourth-order valence-corrected chi connectivity index (χ4v) is 5.63. The maximum atomic E-state index is 15.0. The second-order valence-electron chi connectivity index (χ2n) is 9.88. The van der Waals surface area contributed by atoms with Crippen molar-refractivity contribution in [3.8, 4) is 16.9 Å². The van der Waals surface area contributed by atoms with E-state index in [4.69, 9.17) is 5.10 Å². The third-order valence-electron chi connectivity index (χ3n) is 7.59. The number of aromatic nitrogens is 4. The molecule has 3 aromatic heterocycles. The molecule has 0 fully saturated rings. The number of pyridine rings is 1. The van der Waals surface area contributed by atoms with Gasteiger partial charge in [0.05, 0.1) is 28.2 Å². The zero-order valence-electron chi connectivity index (χ0n) is 21.9. The minimum Gasteiger partial charge on any atom is -0.359 e. The number of H-pyrrole nitrogens is 1. The van der Waals surface area contributed by atoms with Gasteiger partial charge in [-0.3, -0.25) is 0 Å². The average molecular weight is 552 g/mol. The second kappa shape index (κ2) is 9.76. The molecule has 5 aromatic rings. The highest BCUT2D eigenvalue weighted by Crippen LogP contribution is 2.40.